The molecule has 5 heteroatoms. The van der Waals surface area contributed by atoms with Crippen molar-refractivity contribution in [2.75, 3.05) is 19.7 Å². The molecule has 0 radical (unpaired) electrons. The minimum absolute atomic E-state index is 0.128. The van der Waals surface area contributed by atoms with Crippen LogP contribution in [-0.4, -0.2) is 36.5 Å². The van der Waals surface area contributed by atoms with Gasteiger partial charge in [-0.15, -0.1) is 0 Å². The molecule has 20 heavy (non-hydrogen) atoms. The van der Waals surface area contributed by atoms with Gasteiger partial charge in [0.2, 0.25) is 0 Å². The van der Waals surface area contributed by atoms with E-state index in [2.05, 4.69) is 6.92 Å². The molecule has 2 heterocycles. The molecule has 1 aromatic heterocycles. The standard InChI is InChI=1S/C15H19NO4/c1-12-6-8-16(9-7-12)14(17)11-20-15(18)5-4-13-3-2-10-19-13/h2-5,10,12H,6-9,11H2,1H3/b5-4+. The van der Waals surface area contributed by atoms with E-state index in [-0.39, 0.29) is 12.5 Å². The van der Waals surface area contributed by atoms with E-state index in [0.717, 1.165) is 25.9 Å². The Bertz CT molecular complexity index is 470. The Morgan fingerprint density at radius 2 is 2.20 bits per heavy atom. The molecule has 1 aliphatic rings. The lowest BCUT2D eigenvalue weighted by Gasteiger charge is -2.30. The third-order valence-corrected chi connectivity index (χ3v) is 3.40. The number of carbonyl (C=O) groups excluding carboxylic acids is 2. The predicted molar refractivity (Wildman–Crippen MR) is 73.7 cm³/mol. The summed E-state index contributed by atoms with van der Waals surface area (Å²) >= 11 is 0. The molecule has 108 valence electrons. The van der Waals surface area contributed by atoms with Crippen LogP contribution in [0.4, 0.5) is 0 Å². The summed E-state index contributed by atoms with van der Waals surface area (Å²) < 4.78 is 9.97. The average Bonchev–Trinajstić information content (AvgIpc) is 2.96. The summed E-state index contributed by atoms with van der Waals surface area (Å²) in [6, 6.07) is 3.45. The van der Waals surface area contributed by atoms with E-state index in [0.29, 0.717) is 11.7 Å². The van der Waals surface area contributed by atoms with E-state index < -0.39 is 5.97 Å². The molecule has 0 aliphatic carbocycles. The molecule has 1 amide bonds. The van der Waals surface area contributed by atoms with Crippen LogP contribution in [0.5, 0.6) is 0 Å². The van der Waals surface area contributed by atoms with Crippen molar-refractivity contribution in [3.63, 3.8) is 0 Å². The molecule has 0 atom stereocenters. The van der Waals surface area contributed by atoms with Gasteiger partial charge in [0, 0.05) is 19.2 Å². The molecule has 5 nitrogen and oxygen atoms in total. The molecule has 0 saturated carbocycles. The molecule has 1 aromatic rings. The van der Waals surface area contributed by atoms with Crippen molar-refractivity contribution in [3.05, 3.63) is 30.2 Å². The van der Waals surface area contributed by atoms with Gasteiger partial charge in [-0.2, -0.15) is 0 Å². The molecule has 0 spiro atoms. The Balaban J connectivity index is 1.71. The highest BCUT2D eigenvalue weighted by molar-refractivity contribution is 5.88. The first kappa shape index (κ1) is 14.4. The number of esters is 1. The number of furan rings is 1. The summed E-state index contributed by atoms with van der Waals surface area (Å²) in [5.74, 6) is 0.563. The van der Waals surface area contributed by atoms with E-state index in [9.17, 15) is 9.59 Å². The van der Waals surface area contributed by atoms with Gasteiger partial charge in [0.1, 0.15) is 5.76 Å². The highest BCUT2D eigenvalue weighted by Gasteiger charge is 2.20. The van der Waals surface area contributed by atoms with Crippen LogP contribution in [0.25, 0.3) is 6.08 Å². The minimum Gasteiger partial charge on any atom is -0.465 e. The number of likely N-dealkylation sites (tertiary alicyclic amines) is 1. The predicted octanol–water partition coefficient (Wildman–Crippen LogP) is 2.09. The monoisotopic (exact) mass is 277 g/mol. The van der Waals surface area contributed by atoms with Gasteiger partial charge in [-0.25, -0.2) is 4.79 Å². The topological polar surface area (TPSA) is 59.8 Å². The Labute approximate surface area is 118 Å². The van der Waals surface area contributed by atoms with E-state index >= 15 is 0 Å². The minimum atomic E-state index is -0.542. The number of amides is 1. The van der Waals surface area contributed by atoms with Gasteiger partial charge in [0.15, 0.2) is 6.61 Å². The number of hydrogen-bond donors (Lipinski definition) is 0. The molecule has 2 rings (SSSR count). The number of piperidine rings is 1. The third kappa shape index (κ3) is 4.26. The van der Waals surface area contributed by atoms with Gasteiger partial charge in [0.05, 0.1) is 6.26 Å². The van der Waals surface area contributed by atoms with Gasteiger partial charge >= 0.3 is 5.97 Å². The lowest BCUT2D eigenvalue weighted by atomic mass is 9.99. The molecule has 0 aromatic carbocycles. The van der Waals surface area contributed by atoms with Crippen LogP contribution in [0.15, 0.2) is 28.9 Å². The largest absolute Gasteiger partial charge is 0.465 e. The van der Waals surface area contributed by atoms with Crippen molar-refractivity contribution in [1.82, 2.24) is 4.90 Å². The highest BCUT2D eigenvalue weighted by atomic mass is 16.5. The molecule has 0 N–H and O–H groups in total. The average molecular weight is 277 g/mol. The normalized spacial score (nSPS) is 16.6. The first-order valence-corrected chi connectivity index (χ1v) is 6.81. The van der Waals surface area contributed by atoms with Crippen molar-refractivity contribution >= 4 is 18.0 Å². The Morgan fingerprint density at radius 1 is 1.45 bits per heavy atom. The van der Waals surface area contributed by atoms with Crippen LogP contribution in [0, 0.1) is 5.92 Å². The third-order valence-electron chi connectivity index (χ3n) is 3.40. The summed E-state index contributed by atoms with van der Waals surface area (Å²) in [7, 11) is 0. The fourth-order valence-electron chi connectivity index (χ4n) is 2.07. The zero-order valence-corrected chi connectivity index (χ0v) is 11.6. The Hall–Kier alpha value is -2.04. The van der Waals surface area contributed by atoms with Gasteiger partial charge in [-0.3, -0.25) is 4.79 Å². The fourth-order valence-corrected chi connectivity index (χ4v) is 2.07. The molecule has 0 unspecified atom stereocenters. The zero-order chi connectivity index (χ0) is 14.4. The molecule has 0 bridgehead atoms. The SMILES string of the molecule is CC1CCN(C(=O)COC(=O)/C=C/c2ccco2)CC1. The van der Waals surface area contributed by atoms with Gasteiger partial charge in [-0.05, 0) is 37.0 Å². The molecule has 1 fully saturated rings. The Kier molecular flexibility index (Phi) is 4.98. The maximum absolute atomic E-state index is 11.8. The molecular weight excluding hydrogens is 258 g/mol. The van der Waals surface area contributed by atoms with Crippen LogP contribution in [0.2, 0.25) is 0 Å². The number of carbonyl (C=O) groups is 2. The zero-order valence-electron chi connectivity index (χ0n) is 11.6. The summed E-state index contributed by atoms with van der Waals surface area (Å²) in [4.78, 5) is 25.1. The summed E-state index contributed by atoms with van der Waals surface area (Å²) in [6.07, 6.45) is 6.31. The molecular formula is C15H19NO4. The van der Waals surface area contributed by atoms with Gasteiger partial charge in [0.25, 0.3) is 5.91 Å². The first-order chi connectivity index (χ1) is 9.65. The van der Waals surface area contributed by atoms with Crippen molar-refractivity contribution in [2.24, 2.45) is 5.92 Å². The second-order valence-electron chi connectivity index (χ2n) is 5.02. The second kappa shape index (κ2) is 6.93. The number of hydrogen-bond acceptors (Lipinski definition) is 4. The number of ether oxygens (including phenoxy) is 1. The number of nitrogens with zero attached hydrogens (tertiary/aromatic N) is 1. The van der Waals surface area contributed by atoms with Gasteiger partial charge < -0.3 is 14.1 Å². The van der Waals surface area contributed by atoms with E-state index in [1.165, 1.54) is 18.4 Å². The van der Waals surface area contributed by atoms with Crippen LogP contribution in [0.1, 0.15) is 25.5 Å². The maximum Gasteiger partial charge on any atom is 0.331 e. The van der Waals surface area contributed by atoms with Crippen LogP contribution in [0.3, 0.4) is 0 Å². The quantitative estimate of drug-likeness (QED) is 0.624. The first-order valence-electron chi connectivity index (χ1n) is 6.81. The van der Waals surface area contributed by atoms with Crippen molar-refractivity contribution in [2.45, 2.75) is 19.8 Å². The van der Waals surface area contributed by atoms with Crippen molar-refractivity contribution in [1.29, 1.82) is 0 Å². The highest BCUT2D eigenvalue weighted by Crippen LogP contribution is 2.15. The lowest BCUT2D eigenvalue weighted by Crippen LogP contribution is -2.40. The lowest BCUT2D eigenvalue weighted by molar-refractivity contribution is -0.148. The van der Waals surface area contributed by atoms with Gasteiger partial charge in [-0.1, -0.05) is 6.92 Å². The summed E-state index contributed by atoms with van der Waals surface area (Å²) in [5, 5.41) is 0. The Morgan fingerprint density at radius 3 is 2.85 bits per heavy atom. The second-order valence-corrected chi connectivity index (χ2v) is 5.02. The fraction of sp³-hybridized carbons (Fsp3) is 0.467. The molecule has 1 aliphatic heterocycles. The van der Waals surface area contributed by atoms with Crippen LogP contribution >= 0.6 is 0 Å². The maximum atomic E-state index is 11.8. The van der Waals surface area contributed by atoms with E-state index in [1.54, 1.807) is 17.0 Å². The van der Waals surface area contributed by atoms with E-state index in [1.807, 2.05) is 0 Å². The van der Waals surface area contributed by atoms with Crippen LogP contribution in [-0.2, 0) is 14.3 Å². The van der Waals surface area contributed by atoms with Crippen molar-refractivity contribution in [3.8, 4) is 0 Å². The number of rotatable bonds is 4. The summed E-state index contributed by atoms with van der Waals surface area (Å²) in [5.41, 5.74) is 0. The van der Waals surface area contributed by atoms with Crippen molar-refractivity contribution < 1.29 is 18.7 Å². The van der Waals surface area contributed by atoms with Crippen LogP contribution < -0.4 is 0 Å². The molecule has 1 saturated heterocycles. The summed E-state index contributed by atoms with van der Waals surface area (Å²) in [6.45, 7) is 3.48. The smallest absolute Gasteiger partial charge is 0.331 e. The van der Waals surface area contributed by atoms with E-state index in [4.69, 9.17) is 9.15 Å².